The topological polar surface area (TPSA) is 50.4 Å². The molecule has 0 spiro atoms. The molecule has 2 rings (SSSR count). The van der Waals surface area contributed by atoms with Crippen LogP contribution in [0.15, 0.2) is 30.3 Å². The Hall–Kier alpha value is -1.10. The Morgan fingerprint density at radius 1 is 1.13 bits per heavy atom. The first-order chi connectivity index (χ1) is 10.8. The molecule has 1 aliphatic carbocycles. The second-order valence-corrected chi connectivity index (χ2v) is 5.96. The van der Waals surface area contributed by atoms with Gasteiger partial charge in [-0.2, -0.15) is 0 Å². The molecular formula is C18H29ClN2O2. The number of halogens is 1. The van der Waals surface area contributed by atoms with E-state index in [4.69, 9.17) is 4.74 Å². The fraction of sp³-hybridized carbons (Fsp3) is 0.611. The number of rotatable bonds is 7. The Kier molecular flexibility index (Phi) is 9.92. The number of carbonyl (C=O) groups excluding carboxylic acids is 1. The molecule has 1 saturated carbocycles. The van der Waals surface area contributed by atoms with E-state index in [2.05, 4.69) is 10.6 Å². The SMILES string of the molecule is COC(C(=O)NCCNC1CCCCCC1)c1ccccc1.Cl. The van der Waals surface area contributed by atoms with Crippen LogP contribution in [0.1, 0.15) is 50.2 Å². The molecule has 1 aromatic rings. The third-order valence-corrected chi connectivity index (χ3v) is 4.29. The van der Waals surface area contributed by atoms with E-state index in [0.29, 0.717) is 12.6 Å². The minimum atomic E-state index is -0.529. The van der Waals surface area contributed by atoms with E-state index in [1.54, 1.807) is 7.11 Å². The molecule has 1 unspecified atom stereocenters. The van der Waals surface area contributed by atoms with E-state index in [0.717, 1.165) is 12.1 Å². The predicted octanol–water partition coefficient (Wildman–Crippen LogP) is 3.22. The summed E-state index contributed by atoms with van der Waals surface area (Å²) < 4.78 is 5.33. The minimum absolute atomic E-state index is 0. The highest BCUT2D eigenvalue weighted by Crippen LogP contribution is 2.17. The largest absolute Gasteiger partial charge is 0.367 e. The van der Waals surface area contributed by atoms with Gasteiger partial charge in [0, 0.05) is 26.2 Å². The predicted molar refractivity (Wildman–Crippen MR) is 95.9 cm³/mol. The van der Waals surface area contributed by atoms with Crippen LogP contribution >= 0.6 is 12.4 Å². The molecule has 0 aromatic heterocycles. The first-order valence-corrected chi connectivity index (χ1v) is 8.40. The van der Waals surface area contributed by atoms with Gasteiger partial charge >= 0.3 is 0 Å². The van der Waals surface area contributed by atoms with Gasteiger partial charge in [-0.1, -0.05) is 56.0 Å². The standard InChI is InChI=1S/C18H28N2O2.ClH/c1-22-17(15-9-5-4-6-10-15)18(21)20-14-13-19-16-11-7-2-3-8-12-16;/h4-6,9-10,16-17,19H,2-3,7-8,11-14H2,1H3,(H,20,21);1H. The van der Waals surface area contributed by atoms with Crippen LogP contribution in [0.5, 0.6) is 0 Å². The molecule has 0 radical (unpaired) electrons. The van der Waals surface area contributed by atoms with Crippen LogP contribution in [0, 0.1) is 0 Å². The van der Waals surface area contributed by atoms with E-state index in [1.807, 2.05) is 30.3 Å². The summed E-state index contributed by atoms with van der Waals surface area (Å²) in [6, 6.07) is 10.2. The van der Waals surface area contributed by atoms with Gasteiger partial charge in [-0.15, -0.1) is 12.4 Å². The Bertz CT molecular complexity index is 434. The molecule has 1 aromatic carbocycles. The summed E-state index contributed by atoms with van der Waals surface area (Å²) in [5.41, 5.74) is 0.888. The van der Waals surface area contributed by atoms with Gasteiger partial charge in [0.05, 0.1) is 0 Å². The van der Waals surface area contributed by atoms with E-state index in [-0.39, 0.29) is 18.3 Å². The molecular weight excluding hydrogens is 312 g/mol. The zero-order chi connectivity index (χ0) is 15.6. The second kappa shape index (κ2) is 11.4. The van der Waals surface area contributed by atoms with Crippen LogP contribution in [-0.4, -0.2) is 32.1 Å². The molecule has 4 nitrogen and oxygen atoms in total. The average Bonchev–Trinajstić information content (AvgIpc) is 2.82. The Balaban J connectivity index is 0.00000264. The lowest BCUT2D eigenvalue weighted by molar-refractivity contribution is -0.131. The van der Waals surface area contributed by atoms with Gasteiger partial charge in [0.1, 0.15) is 0 Å². The van der Waals surface area contributed by atoms with E-state index < -0.39 is 6.10 Å². The van der Waals surface area contributed by atoms with Crippen molar-refractivity contribution < 1.29 is 9.53 Å². The first kappa shape index (κ1) is 19.9. The summed E-state index contributed by atoms with van der Waals surface area (Å²) in [5.74, 6) is -0.0728. The van der Waals surface area contributed by atoms with Crippen molar-refractivity contribution in [3.63, 3.8) is 0 Å². The van der Waals surface area contributed by atoms with E-state index >= 15 is 0 Å². The number of hydrogen-bond acceptors (Lipinski definition) is 3. The fourth-order valence-electron chi connectivity index (χ4n) is 3.06. The number of hydrogen-bond donors (Lipinski definition) is 2. The summed E-state index contributed by atoms with van der Waals surface area (Å²) in [5, 5.41) is 6.52. The molecule has 23 heavy (non-hydrogen) atoms. The van der Waals surface area contributed by atoms with Gasteiger partial charge in [0.15, 0.2) is 6.10 Å². The van der Waals surface area contributed by atoms with Crippen LogP contribution in [0.25, 0.3) is 0 Å². The lowest BCUT2D eigenvalue weighted by Crippen LogP contribution is -2.38. The second-order valence-electron chi connectivity index (χ2n) is 5.96. The van der Waals surface area contributed by atoms with Crippen LogP contribution in [-0.2, 0) is 9.53 Å². The Morgan fingerprint density at radius 2 is 1.78 bits per heavy atom. The van der Waals surface area contributed by atoms with Crippen LogP contribution < -0.4 is 10.6 Å². The van der Waals surface area contributed by atoms with Crippen molar-refractivity contribution in [1.29, 1.82) is 0 Å². The number of ether oxygens (including phenoxy) is 1. The highest BCUT2D eigenvalue weighted by molar-refractivity contribution is 5.85. The molecule has 130 valence electrons. The van der Waals surface area contributed by atoms with Crippen molar-refractivity contribution >= 4 is 18.3 Å². The van der Waals surface area contributed by atoms with Crippen LogP contribution in [0.2, 0.25) is 0 Å². The third-order valence-electron chi connectivity index (χ3n) is 4.29. The molecule has 1 atom stereocenters. The summed E-state index contributed by atoms with van der Waals surface area (Å²) in [7, 11) is 1.57. The van der Waals surface area contributed by atoms with Gasteiger partial charge in [0.2, 0.25) is 0 Å². The first-order valence-electron chi connectivity index (χ1n) is 8.40. The van der Waals surface area contributed by atoms with Crippen molar-refractivity contribution in [2.24, 2.45) is 0 Å². The van der Waals surface area contributed by atoms with Gasteiger partial charge in [0.25, 0.3) is 5.91 Å². The minimum Gasteiger partial charge on any atom is -0.367 e. The fourth-order valence-corrected chi connectivity index (χ4v) is 3.06. The molecule has 0 bridgehead atoms. The maximum Gasteiger partial charge on any atom is 0.253 e. The molecule has 0 saturated heterocycles. The number of benzene rings is 1. The Labute approximate surface area is 145 Å². The van der Waals surface area contributed by atoms with Gasteiger partial charge in [-0.3, -0.25) is 4.79 Å². The van der Waals surface area contributed by atoms with Crippen LogP contribution in [0.3, 0.4) is 0 Å². The molecule has 1 aliphatic rings. The normalized spacial score (nSPS) is 16.9. The molecule has 0 heterocycles. The molecule has 5 heteroatoms. The maximum atomic E-state index is 12.2. The zero-order valence-electron chi connectivity index (χ0n) is 13.9. The maximum absolute atomic E-state index is 12.2. The van der Waals surface area contributed by atoms with Crippen molar-refractivity contribution in [2.75, 3.05) is 20.2 Å². The third kappa shape index (κ3) is 6.90. The summed E-state index contributed by atoms with van der Waals surface area (Å²) in [4.78, 5) is 12.2. The summed E-state index contributed by atoms with van der Waals surface area (Å²) in [6.07, 6.45) is 7.37. The number of carbonyl (C=O) groups is 1. The van der Waals surface area contributed by atoms with Gasteiger partial charge in [-0.05, 0) is 18.4 Å². The van der Waals surface area contributed by atoms with Gasteiger partial charge in [-0.25, -0.2) is 0 Å². The van der Waals surface area contributed by atoms with Crippen LogP contribution in [0.4, 0.5) is 0 Å². The molecule has 0 aliphatic heterocycles. The van der Waals surface area contributed by atoms with Crippen molar-refractivity contribution in [3.05, 3.63) is 35.9 Å². The van der Waals surface area contributed by atoms with E-state index in [9.17, 15) is 4.79 Å². The highest BCUT2D eigenvalue weighted by atomic mass is 35.5. The molecule has 2 N–H and O–H groups in total. The Morgan fingerprint density at radius 3 is 2.39 bits per heavy atom. The average molecular weight is 341 g/mol. The lowest BCUT2D eigenvalue weighted by Gasteiger charge is -2.18. The molecule has 1 fully saturated rings. The summed E-state index contributed by atoms with van der Waals surface area (Å²) >= 11 is 0. The van der Waals surface area contributed by atoms with Crippen molar-refractivity contribution in [1.82, 2.24) is 10.6 Å². The smallest absolute Gasteiger partial charge is 0.253 e. The summed E-state index contributed by atoms with van der Waals surface area (Å²) in [6.45, 7) is 1.46. The quantitative estimate of drug-likeness (QED) is 0.592. The number of nitrogens with one attached hydrogen (secondary N) is 2. The number of methoxy groups -OCH3 is 1. The monoisotopic (exact) mass is 340 g/mol. The highest BCUT2D eigenvalue weighted by Gasteiger charge is 2.19. The van der Waals surface area contributed by atoms with Crippen molar-refractivity contribution in [3.8, 4) is 0 Å². The number of amides is 1. The lowest BCUT2D eigenvalue weighted by atomic mass is 10.1. The van der Waals surface area contributed by atoms with E-state index in [1.165, 1.54) is 38.5 Å². The van der Waals surface area contributed by atoms with Gasteiger partial charge < -0.3 is 15.4 Å². The zero-order valence-corrected chi connectivity index (χ0v) is 14.7. The molecule has 1 amide bonds. The van der Waals surface area contributed by atoms with Crippen molar-refractivity contribution in [2.45, 2.75) is 50.7 Å².